The standard InChI is InChI=1S/C21H31N5O/c1-15-16(2)18(14-22)20(23-17(15)3)25-10-7-11-26(13-12-25)21(27)19-8-5-6-9-24(19)4/h19H,5-13H2,1-4H3. The Balaban J connectivity index is 1.76. The van der Waals surface area contributed by atoms with Crippen LogP contribution in [0, 0.1) is 32.1 Å². The van der Waals surface area contributed by atoms with Crippen molar-refractivity contribution in [1.29, 1.82) is 5.26 Å². The number of aryl methyl sites for hydroxylation is 1. The number of likely N-dealkylation sites (tertiary alicyclic amines) is 1. The van der Waals surface area contributed by atoms with E-state index in [4.69, 9.17) is 4.98 Å². The average molecular weight is 370 g/mol. The molecule has 0 aromatic carbocycles. The number of piperidine rings is 1. The predicted molar refractivity (Wildman–Crippen MR) is 107 cm³/mol. The summed E-state index contributed by atoms with van der Waals surface area (Å²) in [5, 5.41) is 9.67. The molecule has 3 heterocycles. The number of nitriles is 1. The monoisotopic (exact) mass is 369 g/mol. The van der Waals surface area contributed by atoms with E-state index in [2.05, 4.69) is 22.9 Å². The summed E-state index contributed by atoms with van der Waals surface area (Å²) in [7, 11) is 2.06. The van der Waals surface area contributed by atoms with Crippen LogP contribution in [-0.4, -0.2) is 66.5 Å². The summed E-state index contributed by atoms with van der Waals surface area (Å²) in [4.78, 5) is 24.2. The average Bonchev–Trinajstić information content (AvgIpc) is 2.92. The molecule has 0 N–H and O–H groups in total. The number of anilines is 1. The van der Waals surface area contributed by atoms with Gasteiger partial charge >= 0.3 is 0 Å². The van der Waals surface area contributed by atoms with Crippen LogP contribution in [0.25, 0.3) is 0 Å². The lowest BCUT2D eigenvalue weighted by molar-refractivity contribution is -0.137. The first kappa shape index (κ1) is 19.6. The van der Waals surface area contributed by atoms with Crippen molar-refractivity contribution in [3.63, 3.8) is 0 Å². The molecule has 1 amide bonds. The minimum absolute atomic E-state index is 0.0296. The molecule has 2 saturated heterocycles. The van der Waals surface area contributed by atoms with E-state index >= 15 is 0 Å². The first-order valence-corrected chi connectivity index (χ1v) is 10.1. The fraction of sp³-hybridized carbons (Fsp3) is 0.667. The maximum absolute atomic E-state index is 13.0. The van der Waals surface area contributed by atoms with Crippen molar-refractivity contribution in [3.05, 3.63) is 22.4 Å². The van der Waals surface area contributed by atoms with E-state index in [0.717, 1.165) is 68.1 Å². The molecule has 1 aromatic rings. The molecule has 2 aliphatic rings. The highest BCUT2D eigenvalue weighted by molar-refractivity contribution is 5.82. The number of carbonyl (C=O) groups is 1. The number of amides is 1. The van der Waals surface area contributed by atoms with Gasteiger partial charge in [0.15, 0.2) is 0 Å². The molecule has 1 aromatic heterocycles. The van der Waals surface area contributed by atoms with E-state index < -0.39 is 0 Å². The molecule has 2 fully saturated rings. The molecule has 0 bridgehead atoms. The molecule has 0 saturated carbocycles. The largest absolute Gasteiger partial charge is 0.354 e. The van der Waals surface area contributed by atoms with Gasteiger partial charge in [-0.1, -0.05) is 6.42 Å². The quantitative estimate of drug-likeness (QED) is 0.801. The summed E-state index contributed by atoms with van der Waals surface area (Å²) in [6.07, 6.45) is 4.19. The van der Waals surface area contributed by atoms with Crippen LogP contribution in [0.4, 0.5) is 5.82 Å². The number of hydrogen-bond acceptors (Lipinski definition) is 5. The van der Waals surface area contributed by atoms with Crippen molar-refractivity contribution >= 4 is 11.7 Å². The highest BCUT2D eigenvalue weighted by Gasteiger charge is 2.31. The summed E-state index contributed by atoms with van der Waals surface area (Å²) in [5.41, 5.74) is 3.75. The maximum Gasteiger partial charge on any atom is 0.239 e. The van der Waals surface area contributed by atoms with Crippen LogP contribution in [0.3, 0.4) is 0 Å². The van der Waals surface area contributed by atoms with Crippen molar-refractivity contribution in [2.45, 2.75) is 52.5 Å². The van der Waals surface area contributed by atoms with Gasteiger partial charge in [0.25, 0.3) is 0 Å². The van der Waals surface area contributed by atoms with Gasteiger partial charge in [-0.3, -0.25) is 9.69 Å². The second kappa shape index (κ2) is 8.26. The lowest BCUT2D eigenvalue weighted by Crippen LogP contribution is -2.50. The minimum atomic E-state index is 0.0296. The number of aromatic nitrogens is 1. The predicted octanol–water partition coefficient (Wildman–Crippen LogP) is 2.40. The Kier molecular flexibility index (Phi) is 6.01. The van der Waals surface area contributed by atoms with Gasteiger partial charge in [-0.15, -0.1) is 0 Å². The second-order valence-corrected chi connectivity index (χ2v) is 7.92. The van der Waals surface area contributed by atoms with E-state index in [9.17, 15) is 10.1 Å². The van der Waals surface area contributed by atoms with Crippen LogP contribution in [0.2, 0.25) is 0 Å². The summed E-state index contributed by atoms with van der Waals surface area (Å²) >= 11 is 0. The third-order valence-electron chi connectivity index (χ3n) is 6.25. The number of rotatable bonds is 2. The molecule has 27 heavy (non-hydrogen) atoms. The SMILES string of the molecule is Cc1nc(N2CCCN(C(=O)C3CCCCN3C)CC2)c(C#N)c(C)c1C. The molecule has 1 atom stereocenters. The fourth-order valence-electron chi connectivity index (χ4n) is 4.24. The van der Waals surface area contributed by atoms with Gasteiger partial charge in [-0.2, -0.15) is 5.26 Å². The zero-order chi connectivity index (χ0) is 19.6. The molecule has 0 spiro atoms. The van der Waals surface area contributed by atoms with Crippen LogP contribution >= 0.6 is 0 Å². The zero-order valence-corrected chi connectivity index (χ0v) is 17.1. The van der Waals surface area contributed by atoms with Crippen LogP contribution in [0.1, 0.15) is 48.1 Å². The van der Waals surface area contributed by atoms with Crippen LogP contribution in [-0.2, 0) is 4.79 Å². The molecule has 1 unspecified atom stereocenters. The maximum atomic E-state index is 13.0. The topological polar surface area (TPSA) is 63.5 Å². The van der Waals surface area contributed by atoms with Crippen molar-refractivity contribution in [2.24, 2.45) is 0 Å². The molecular formula is C21H31N5O. The summed E-state index contributed by atoms with van der Waals surface area (Å²) < 4.78 is 0. The number of nitrogens with zero attached hydrogens (tertiary/aromatic N) is 5. The lowest BCUT2D eigenvalue weighted by atomic mass is 10.0. The van der Waals surface area contributed by atoms with Crippen LogP contribution in [0.15, 0.2) is 0 Å². The molecule has 3 rings (SSSR count). The second-order valence-electron chi connectivity index (χ2n) is 7.92. The van der Waals surface area contributed by atoms with E-state index in [1.54, 1.807) is 0 Å². The Morgan fingerprint density at radius 3 is 2.52 bits per heavy atom. The van der Waals surface area contributed by atoms with Gasteiger partial charge in [0.05, 0.1) is 11.6 Å². The van der Waals surface area contributed by atoms with E-state index in [0.29, 0.717) is 12.1 Å². The summed E-state index contributed by atoms with van der Waals surface area (Å²) in [6.45, 7) is 10.1. The Morgan fingerprint density at radius 2 is 1.81 bits per heavy atom. The Bertz CT molecular complexity index is 754. The van der Waals surface area contributed by atoms with Gasteiger partial charge < -0.3 is 9.80 Å². The van der Waals surface area contributed by atoms with E-state index in [1.807, 2.05) is 25.7 Å². The first-order chi connectivity index (χ1) is 12.9. The molecule has 6 heteroatoms. The van der Waals surface area contributed by atoms with Gasteiger partial charge in [-0.25, -0.2) is 4.98 Å². The van der Waals surface area contributed by atoms with Crippen molar-refractivity contribution in [3.8, 4) is 6.07 Å². The third kappa shape index (κ3) is 3.93. The normalized spacial score (nSPS) is 21.7. The zero-order valence-electron chi connectivity index (χ0n) is 17.1. The number of likely N-dealkylation sites (N-methyl/N-ethyl adjacent to an activating group) is 1. The summed E-state index contributed by atoms with van der Waals surface area (Å²) in [6, 6.07) is 2.38. The lowest BCUT2D eigenvalue weighted by Gasteiger charge is -2.35. The van der Waals surface area contributed by atoms with Crippen molar-refractivity contribution in [1.82, 2.24) is 14.8 Å². The molecule has 0 aliphatic carbocycles. The van der Waals surface area contributed by atoms with Crippen molar-refractivity contribution in [2.75, 3.05) is 44.7 Å². The Morgan fingerprint density at radius 1 is 1.04 bits per heavy atom. The highest BCUT2D eigenvalue weighted by atomic mass is 16.2. The van der Waals surface area contributed by atoms with E-state index in [-0.39, 0.29) is 11.9 Å². The molecule has 0 radical (unpaired) electrons. The first-order valence-electron chi connectivity index (χ1n) is 10.1. The summed E-state index contributed by atoms with van der Waals surface area (Å²) in [5.74, 6) is 1.05. The number of pyridine rings is 1. The molecule has 146 valence electrons. The van der Waals surface area contributed by atoms with Gasteiger partial charge in [0.1, 0.15) is 11.9 Å². The van der Waals surface area contributed by atoms with Crippen molar-refractivity contribution < 1.29 is 4.79 Å². The third-order valence-corrected chi connectivity index (χ3v) is 6.25. The molecule has 6 nitrogen and oxygen atoms in total. The molecule has 2 aliphatic heterocycles. The Labute approximate surface area is 162 Å². The van der Waals surface area contributed by atoms with Crippen LogP contribution in [0.5, 0.6) is 0 Å². The number of hydrogen-bond donors (Lipinski definition) is 0. The smallest absolute Gasteiger partial charge is 0.239 e. The molecular weight excluding hydrogens is 338 g/mol. The van der Waals surface area contributed by atoms with Crippen LogP contribution < -0.4 is 4.90 Å². The fourth-order valence-corrected chi connectivity index (χ4v) is 4.24. The number of carbonyl (C=O) groups excluding carboxylic acids is 1. The van der Waals surface area contributed by atoms with Gasteiger partial charge in [0.2, 0.25) is 5.91 Å². The Hall–Kier alpha value is -2.13. The van der Waals surface area contributed by atoms with E-state index in [1.165, 1.54) is 6.42 Å². The van der Waals surface area contributed by atoms with Gasteiger partial charge in [-0.05, 0) is 64.8 Å². The minimum Gasteiger partial charge on any atom is -0.354 e. The highest BCUT2D eigenvalue weighted by Crippen LogP contribution is 2.26. The van der Waals surface area contributed by atoms with Gasteiger partial charge in [0, 0.05) is 31.9 Å².